The van der Waals surface area contributed by atoms with Gasteiger partial charge in [-0.25, -0.2) is 4.98 Å². The van der Waals surface area contributed by atoms with E-state index in [1.807, 2.05) is 25.1 Å². The molecule has 0 saturated heterocycles. The summed E-state index contributed by atoms with van der Waals surface area (Å²) in [4.78, 5) is 8.13. The first-order chi connectivity index (χ1) is 6.79. The molecule has 0 bridgehead atoms. The van der Waals surface area contributed by atoms with Crippen molar-refractivity contribution in [2.24, 2.45) is 0 Å². The van der Waals surface area contributed by atoms with Gasteiger partial charge in [-0.15, -0.1) is 0 Å². The molecule has 0 spiro atoms. The quantitative estimate of drug-likeness (QED) is 0.739. The van der Waals surface area contributed by atoms with Crippen LogP contribution in [0.5, 0.6) is 0 Å². The van der Waals surface area contributed by atoms with E-state index < -0.39 is 0 Å². The van der Waals surface area contributed by atoms with E-state index in [1.165, 1.54) is 0 Å². The van der Waals surface area contributed by atoms with Crippen molar-refractivity contribution in [1.82, 2.24) is 9.97 Å². The van der Waals surface area contributed by atoms with Crippen LogP contribution in [-0.2, 0) is 0 Å². The topological polar surface area (TPSA) is 51.8 Å². The highest BCUT2D eigenvalue weighted by Crippen LogP contribution is 2.26. The first-order valence-corrected chi connectivity index (χ1v) is 4.40. The van der Waals surface area contributed by atoms with Crippen molar-refractivity contribution in [2.45, 2.75) is 6.92 Å². The Kier molecular flexibility index (Phi) is 2.14. The largest absolute Gasteiger partial charge is 0.383 e. The van der Waals surface area contributed by atoms with Crippen LogP contribution in [0.15, 0.2) is 36.8 Å². The molecule has 0 atom stereocenters. The summed E-state index contributed by atoms with van der Waals surface area (Å²) in [6, 6.07) is 5.81. The Morgan fingerprint density at radius 1 is 1.21 bits per heavy atom. The molecule has 0 aliphatic carbocycles. The summed E-state index contributed by atoms with van der Waals surface area (Å²) < 4.78 is 0. The third-order valence-corrected chi connectivity index (χ3v) is 2.14. The minimum Gasteiger partial charge on any atom is -0.383 e. The maximum absolute atomic E-state index is 5.81. The molecule has 0 aromatic carbocycles. The molecule has 2 aromatic rings. The van der Waals surface area contributed by atoms with E-state index in [0.717, 1.165) is 16.7 Å². The molecular formula is C11H11N3. The van der Waals surface area contributed by atoms with E-state index in [-0.39, 0.29) is 0 Å². The first kappa shape index (κ1) is 8.69. The molecule has 0 saturated carbocycles. The molecule has 0 fully saturated rings. The zero-order valence-corrected chi connectivity index (χ0v) is 7.94. The predicted molar refractivity (Wildman–Crippen MR) is 56.6 cm³/mol. The Bertz CT molecular complexity index is 417. The fourth-order valence-electron chi connectivity index (χ4n) is 1.47. The summed E-state index contributed by atoms with van der Waals surface area (Å²) in [5, 5.41) is 0. The van der Waals surface area contributed by atoms with Gasteiger partial charge < -0.3 is 5.73 Å². The lowest BCUT2D eigenvalue weighted by molar-refractivity contribution is 1.27. The Balaban J connectivity index is 2.63. The lowest BCUT2D eigenvalue weighted by Crippen LogP contribution is -1.96. The molecule has 2 N–H and O–H groups in total. The third kappa shape index (κ3) is 1.44. The Morgan fingerprint density at radius 2 is 2.07 bits per heavy atom. The van der Waals surface area contributed by atoms with Crippen LogP contribution in [0, 0.1) is 6.92 Å². The maximum atomic E-state index is 5.81. The number of aromatic nitrogens is 2. The number of hydrogen-bond acceptors (Lipinski definition) is 3. The number of aryl methyl sites for hydroxylation is 1. The van der Waals surface area contributed by atoms with Gasteiger partial charge in [0.25, 0.3) is 0 Å². The Hall–Kier alpha value is -1.90. The predicted octanol–water partition coefficient (Wildman–Crippen LogP) is 2.03. The van der Waals surface area contributed by atoms with Crippen LogP contribution in [-0.4, -0.2) is 9.97 Å². The molecule has 70 valence electrons. The molecule has 0 amide bonds. The highest BCUT2D eigenvalue weighted by atomic mass is 14.8. The molecule has 0 unspecified atom stereocenters. The van der Waals surface area contributed by atoms with Gasteiger partial charge in [0.05, 0.1) is 0 Å². The summed E-state index contributed by atoms with van der Waals surface area (Å²) in [5.74, 6) is 0.554. The van der Waals surface area contributed by atoms with Gasteiger partial charge in [-0.2, -0.15) is 0 Å². The number of anilines is 1. The fraction of sp³-hybridized carbons (Fsp3) is 0.0909. The van der Waals surface area contributed by atoms with Crippen molar-refractivity contribution in [3.05, 3.63) is 42.4 Å². The van der Waals surface area contributed by atoms with Crippen molar-refractivity contribution in [3.8, 4) is 11.1 Å². The van der Waals surface area contributed by atoms with Crippen LogP contribution in [0.3, 0.4) is 0 Å². The van der Waals surface area contributed by atoms with Gasteiger partial charge in [-0.1, -0.05) is 6.07 Å². The fourth-order valence-corrected chi connectivity index (χ4v) is 1.47. The second kappa shape index (κ2) is 3.46. The monoisotopic (exact) mass is 185 g/mol. The zero-order chi connectivity index (χ0) is 9.97. The van der Waals surface area contributed by atoms with Gasteiger partial charge in [0.15, 0.2) is 0 Å². The molecule has 0 aliphatic heterocycles. The van der Waals surface area contributed by atoms with Crippen molar-refractivity contribution in [1.29, 1.82) is 0 Å². The van der Waals surface area contributed by atoms with E-state index in [4.69, 9.17) is 5.73 Å². The van der Waals surface area contributed by atoms with Gasteiger partial charge in [-0.05, 0) is 24.6 Å². The smallest absolute Gasteiger partial charge is 0.131 e. The van der Waals surface area contributed by atoms with Crippen LogP contribution < -0.4 is 5.73 Å². The summed E-state index contributed by atoms with van der Waals surface area (Å²) >= 11 is 0. The zero-order valence-electron chi connectivity index (χ0n) is 7.94. The number of nitrogens with two attached hydrogens (primary N) is 1. The van der Waals surface area contributed by atoms with Crippen LogP contribution in [0.2, 0.25) is 0 Å². The minimum atomic E-state index is 0.554. The highest BCUT2D eigenvalue weighted by molar-refractivity contribution is 5.75. The molecule has 2 rings (SSSR count). The Labute approximate surface area is 82.6 Å². The van der Waals surface area contributed by atoms with Crippen LogP contribution >= 0.6 is 0 Å². The number of nitrogens with zero attached hydrogens (tertiary/aromatic N) is 2. The van der Waals surface area contributed by atoms with Crippen LogP contribution in [0.25, 0.3) is 11.1 Å². The molecule has 0 aliphatic rings. The van der Waals surface area contributed by atoms with Gasteiger partial charge in [0.2, 0.25) is 0 Å². The maximum Gasteiger partial charge on any atom is 0.131 e. The summed E-state index contributed by atoms with van der Waals surface area (Å²) in [7, 11) is 0. The molecule has 3 heteroatoms. The van der Waals surface area contributed by atoms with Crippen molar-refractivity contribution in [3.63, 3.8) is 0 Å². The van der Waals surface area contributed by atoms with E-state index in [0.29, 0.717) is 5.82 Å². The lowest BCUT2D eigenvalue weighted by atomic mass is 10.0. The summed E-state index contributed by atoms with van der Waals surface area (Å²) in [5.41, 5.74) is 8.91. The summed E-state index contributed by atoms with van der Waals surface area (Å²) in [6.45, 7) is 2.01. The standard InChI is InChI=1S/C11H11N3/c1-8-4-6-14-11(12)10(8)9-3-2-5-13-7-9/h2-7H,1H3,(H2,12,14). The third-order valence-electron chi connectivity index (χ3n) is 2.14. The lowest BCUT2D eigenvalue weighted by Gasteiger charge is -2.07. The van der Waals surface area contributed by atoms with Crippen molar-refractivity contribution < 1.29 is 0 Å². The average Bonchev–Trinajstić information content (AvgIpc) is 2.19. The normalized spacial score (nSPS) is 10.1. The number of hydrogen-bond donors (Lipinski definition) is 1. The molecule has 2 aromatic heterocycles. The van der Waals surface area contributed by atoms with E-state index in [9.17, 15) is 0 Å². The van der Waals surface area contributed by atoms with Gasteiger partial charge in [0.1, 0.15) is 5.82 Å². The van der Waals surface area contributed by atoms with Crippen molar-refractivity contribution in [2.75, 3.05) is 5.73 Å². The van der Waals surface area contributed by atoms with E-state index in [2.05, 4.69) is 9.97 Å². The number of nitrogen functional groups attached to an aromatic ring is 1. The SMILES string of the molecule is Cc1ccnc(N)c1-c1cccnc1. The number of rotatable bonds is 1. The molecule has 0 radical (unpaired) electrons. The average molecular weight is 185 g/mol. The summed E-state index contributed by atoms with van der Waals surface area (Å²) in [6.07, 6.45) is 5.25. The molecule has 14 heavy (non-hydrogen) atoms. The molecular weight excluding hydrogens is 174 g/mol. The molecule has 3 nitrogen and oxygen atoms in total. The van der Waals surface area contributed by atoms with E-state index in [1.54, 1.807) is 18.6 Å². The van der Waals surface area contributed by atoms with Crippen molar-refractivity contribution >= 4 is 5.82 Å². The number of pyridine rings is 2. The van der Waals surface area contributed by atoms with Crippen LogP contribution in [0.1, 0.15) is 5.56 Å². The second-order valence-corrected chi connectivity index (χ2v) is 3.13. The highest BCUT2D eigenvalue weighted by Gasteiger charge is 2.05. The van der Waals surface area contributed by atoms with Crippen LogP contribution in [0.4, 0.5) is 5.82 Å². The van der Waals surface area contributed by atoms with Gasteiger partial charge in [0, 0.05) is 29.7 Å². The minimum absolute atomic E-state index is 0.554. The Morgan fingerprint density at radius 3 is 2.71 bits per heavy atom. The second-order valence-electron chi connectivity index (χ2n) is 3.13. The van der Waals surface area contributed by atoms with E-state index >= 15 is 0 Å². The van der Waals surface area contributed by atoms with Gasteiger partial charge >= 0.3 is 0 Å². The first-order valence-electron chi connectivity index (χ1n) is 4.40. The molecule has 2 heterocycles. The van der Waals surface area contributed by atoms with Gasteiger partial charge in [-0.3, -0.25) is 4.98 Å².